The van der Waals surface area contributed by atoms with Crippen LogP contribution in [-0.4, -0.2) is 5.78 Å². The Labute approximate surface area is 109 Å². The van der Waals surface area contributed by atoms with E-state index in [1.165, 1.54) is 4.88 Å². The number of halogens is 1. The smallest absolute Gasteiger partial charge is 0.194 e. The molecule has 0 atom stereocenters. The lowest BCUT2D eigenvalue weighted by Gasteiger charge is -2.02. The SMILES string of the molecule is O=C1c2ccccc2CCc2sc(CCl)cc21. The average molecular weight is 263 g/mol. The predicted molar refractivity (Wildman–Crippen MR) is 71.2 cm³/mol. The van der Waals surface area contributed by atoms with Crippen LogP contribution < -0.4 is 0 Å². The molecule has 0 aliphatic heterocycles. The van der Waals surface area contributed by atoms with Crippen LogP contribution in [-0.2, 0) is 18.7 Å². The molecule has 2 aromatic rings. The molecular weight excluding hydrogens is 252 g/mol. The number of rotatable bonds is 1. The van der Waals surface area contributed by atoms with Gasteiger partial charge < -0.3 is 0 Å². The summed E-state index contributed by atoms with van der Waals surface area (Å²) in [4.78, 5) is 14.7. The van der Waals surface area contributed by atoms with E-state index in [4.69, 9.17) is 11.6 Å². The third-order valence-electron chi connectivity index (χ3n) is 3.12. The first kappa shape index (κ1) is 11.0. The summed E-state index contributed by atoms with van der Waals surface area (Å²) in [6, 6.07) is 9.85. The van der Waals surface area contributed by atoms with Gasteiger partial charge in [-0.3, -0.25) is 4.79 Å². The van der Waals surface area contributed by atoms with E-state index < -0.39 is 0 Å². The van der Waals surface area contributed by atoms with E-state index >= 15 is 0 Å². The Morgan fingerprint density at radius 1 is 1.18 bits per heavy atom. The summed E-state index contributed by atoms with van der Waals surface area (Å²) in [6.45, 7) is 0. The van der Waals surface area contributed by atoms with Crippen molar-refractivity contribution in [2.45, 2.75) is 18.7 Å². The molecule has 0 saturated heterocycles. The Morgan fingerprint density at radius 2 is 2.00 bits per heavy atom. The van der Waals surface area contributed by atoms with Crippen molar-refractivity contribution in [3.05, 3.63) is 56.8 Å². The second-order valence-electron chi connectivity index (χ2n) is 4.17. The van der Waals surface area contributed by atoms with Gasteiger partial charge in [0.2, 0.25) is 0 Å². The largest absolute Gasteiger partial charge is 0.289 e. The molecule has 0 unspecified atom stereocenters. The number of aryl methyl sites for hydroxylation is 2. The van der Waals surface area contributed by atoms with E-state index in [-0.39, 0.29) is 5.78 Å². The first-order valence-corrected chi connectivity index (χ1v) is 6.95. The normalized spacial score (nSPS) is 14.1. The van der Waals surface area contributed by atoms with Gasteiger partial charge in [0.15, 0.2) is 5.78 Å². The zero-order valence-electron chi connectivity index (χ0n) is 9.20. The molecule has 1 aliphatic rings. The molecule has 1 heterocycles. The Hall–Kier alpha value is -1.12. The number of thiophene rings is 1. The number of benzene rings is 1. The van der Waals surface area contributed by atoms with Gasteiger partial charge in [-0.2, -0.15) is 0 Å². The van der Waals surface area contributed by atoms with Gasteiger partial charge in [-0.15, -0.1) is 22.9 Å². The van der Waals surface area contributed by atoms with Crippen LogP contribution in [0.5, 0.6) is 0 Å². The Morgan fingerprint density at radius 3 is 2.82 bits per heavy atom. The predicted octanol–water partition coefficient (Wildman–Crippen LogP) is 3.82. The Kier molecular flexibility index (Phi) is 2.77. The minimum Gasteiger partial charge on any atom is -0.289 e. The van der Waals surface area contributed by atoms with Gasteiger partial charge in [0, 0.05) is 20.9 Å². The number of hydrogen-bond donors (Lipinski definition) is 0. The summed E-state index contributed by atoms with van der Waals surface area (Å²) < 4.78 is 0. The highest BCUT2D eigenvalue weighted by Crippen LogP contribution is 2.31. The molecule has 1 aliphatic carbocycles. The standard InChI is InChI=1S/C14H11ClOS/c15-8-10-7-12-13(17-10)6-5-9-3-1-2-4-11(9)14(12)16/h1-4,7H,5-6,8H2. The van der Waals surface area contributed by atoms with Crippen LogP contribution >= 0.6 is 22.9 Å². The fraction of sp³-hybridized carbons (Fsp3) is 0.214. The number of carbonyl (C=O) groups is 1. The van der Waals surface area contributed by atoms with Crippen LogP contribution in [0.4, 0.5) is 0 Å². The summed E-state index contributed by atoms with van der Waals surface area (Å²) in [7, 11) is 0. The third-order valence-corrected chi connectivity index (χ3v) is 4.76. The van der Waals surface area contributed by atoms with E-state index in [0.717, 1.165) is 34.4 Å². The van der Waals surface area contributed by atoms with Crippen molar-refractivity contribution in [3.63, 3.8) is 0 Å². The van der Waals surface area contributed by atoms with Gasteiger partial charge in [0.05, 0.1) is 5.88 Å². The minimum atomic E-state index is 0.153. The van der Waals surface area contributed by atoms with E-state index in [9.17, 15) is 4.79 Å². The lowest BCUT2D eigenvalue weighted by Crippen LogP contribution is -2.02. The van der Waals surface area contributed by atoms with Crippen LogP contribution in [0.1, 0.15) is 31.2 Å². The Balaban J connectivity index is 2.15. The van der Waals surface area contributed by atoms with Gasteiger partial charge in [-0.1, -0.05) is 24.3 Å². The molecule has 1 aromatic carbocycles. The number of hydrogen-bond acceptors (Lipinski definition) is 2. The van der Waals surface area contributed by atoms with Gasteiger partial charge in [-0.25, -0.2) is 0 Å². The first-order valence-electron chi connectivity index (χ1n) is 5.59. The lowest BCUT2D eigenvalue weighted by molar-refractivity contribution is 0.103. The molecule has 1 aromatic heterocycles. The molecule has 0 saturated carbocycles. The third kappa shape index (κ3) is 1.81. The van der Waals surface area contributed by atoms with Crippen molar-refractivity contribution in [2.24, 2.45) is 0 Å². The van der Waals surface area contributed by atoms with Gasteiger partial charge in [0.25, 0.3) is 0 Å². The summed E-state index contributed by atoms with van der Waals surface area (Å²) in [5.74, 6) is 0.646. The van der Waals surface area contributed by atoms with Crippen molar-refractivity contribution in [2.75, 3.05) is 0 Å². The fourth-order valence-corrected chi connectivity index (χ4v) is 3.54. The van der Waals surface area contributed by atoms with E-state index in [0.29, 0.717) is 5.88 Å². The van der Waals surface area contributed by atoms with Crippen LogP contribution in [0.25, 0.3) is 0 Å². The van der Waals surface area contributed by atoms with Crippen molar-refractivity contribution >= 4 is 28.7 Å². The molecule has 86 valence electrons. The van der Waals surface area contributed by atoms with Gasteiger partial charge >= 0.3 is 0 Å². The molecule has 0 spiro atoms. The second kappa shape index (κ2) is 4.28. The fourth-order valence-electron chi connectivity index (χ4n) is 2.28. The maximum atomic E-state index is 12.4. The van der Waals surface area contributed by atoms with Crippen molar-refractivity contribution in [1.82, 2.24) is 0 Å². The van der Waals surface area contributed by atoms with Gasteiger partial charge in [0.1, 0.15) is 0 Å². The highest BCUT2D eigenvalue weighted by molar-refractivity contribution is 7.12. The number of carbonyl (C=O) groups excluding carboxylic acids is 1. The van der Waals surface area contributed by atoms with Crippen molar-refractivity contribution < 1.29 is 4.79 Å². The molecule has 0 bridgehead atoms. The van der Waals surface area contributed by atoms with Crippen molar-refractivity contribution in [1.29, 1.82) is 0 Å². The molecular formula is C14H11ClOS. The van der Waals surface area contributed by atoms with Crippen LogP contribution in [0.15, 0.2) is 30.3 Å². The average Bonchev–Trinajstić information content (AvgIpc) is 2.74. The van der Waals surface area contributed by atoms with Crippen LogP contribution in [0.2, 0.25) is 0 Å². The second-order valence-corrected chi connectivity index (χ2v) is 5.66. The van der Waals surface area contributed by atoms with E-state index in [1.54, 1.807) is 11.3 Å². The van der Waals surface area contributed by atoms with E-state index in [1.807, 2.05) is 30.3 Å². The highest BCUT2D eigenvalue weighted by atomic mass is 35.5. The molecule has 3 rings (SSSR count). The lowest BCUT2D eigenvalue weighted by atomic mass is 10.0. The number of alkyl halides is 1. The van der Waals surface area contributed by atoms with Crippen molar-refractivity contribution in [3.8, 4) is 0 Å². The maximum Gasteiger partial charge on any atom is 0.194 e. The molecule has 0 amide bonds. The summed E-state index contributed by atoms with van der Waals surface area (Å²) in [5, 5.41) is 0. The summed E-state index contributed by atoms with van der Waals surface area (Å²) in [5.41, 5.74) is 2.87. The molecule has 0 radical (unpaired) electrons. The molecule has 3 heteroatoms. The zero-order valence-corrected chi connectivity index (χ0v) is 10.8. The number of ketones is 1. The van der Waals surface area contributed by atoms with Crippen LogP contribution in [0, 0.1) is 0 Å². The molecule has 1 nitrogen and oxygen atoms in total. The molecule has 0 fully saturated rings. The Bertz CT molecular complexity index is 586. The summed E-state index contributed by atoms with van der Waals surface area (Å²) >= 11 is 7.50. The monoisotopic (exact) mass is 262 g/mol. The summed E-state index contributed by atoms with van der Waals surface area (Å²) in [6.07, 6.45) is 1.89. The first-order chi connectivity index (χ1) is 8.29. The zero-order chi connectivity index (χ0) is 11.8. The van der Waals surface area contributed by atoms with E-state index in [2.05, 4.69) is 0 Å². The van der Waals surface area contributed by atoms with Gasteiger partial charge in [-0.05, 0) is 24.5 Å². The highest BCUT2D eigenvalue weighted by Gasteiger charge is 2.22. The molecule has 0 N–H and O–H groups in total. The maximum absolute atomic E-state index is 12.4. The quantitative estimate of drug-likeness (QED) is 0.714. The van der Waals surface area contributed by atoms with Crippen LogP contribution in [0.3, 0.4) is 0 Å². The number of fused-ring (bicyclic) bond motifs is 2. The minimum absolute atomic E-state index is 0.153. The molecule has 17 heavy (non-hydrogen) atoms. The topological polar surface area (TPSA) is 17.1 Å².